The van der Waals surface area contributed by atoms with Crippen LogP contribution < -0.4 is 16.0 Å². The lowest BCUT2D eigenvalue weighted by atomic mass is 10.2. The lowest BCUT2D eigenvalue weighted by Crippen LogP contribution is -2.15. The fourth-order valence-electron chi connectivity index (χ4n) is 1.98. The molecule has 6 nitrogen and oxygen atoms in total. The summed E-state index contributed by atoms with van der Waals surface area (Å²) in [5.41, 5.74) is 1.33. The number of halogens is 2. The second kappa shape index (κ2) is 8.90. The number of nitriles is 1. The summed E-state index contributed by atoms with van der Waals surface area (Å²) in [5, 5.41) is 17.9. The molecule has 2 aromatic carbocycles. The highest BCUT2D eigenvalue weighted by atomic mass is 35.5. The monoisotopic (exact) mass is 388 g/mol. The van der Waals surface area contributed by atoms with E-state index < -0.39 is 5.91 Å². The first kappa shape index (κ1) is 19.3. The Morgan fingerprint density at radius 3 is 2.50 bits per heavy atom. The van der Waals surface area contributed by atoms with Crippen LogP contribution in [0.2, 0.25) is 10.0 Å². The van der Waals surface area contributed by atoms with Gasteiger partial charge in [-0.2, -0.15) is 5.26 Å². The van der Waals surface area contributed by atoms with E-state index in [-0.39, 0.29) is 11.5 Å². The van der Waals surface area contributed by atoms with Crippen molar-refractivity contribution in [2.45, 2.75) is 6.92 Å². The van der Waals surface area contributed by atoms with E-state index >= 15 is 0 Å². The fraction of sp³-hybridized carbons (Fsp3) is 0.0556. The van der Waals surface area contributed by atoms with Crippen LogP contribution in [0.4, 0.5) is 17.1 Å². The Morgan fingerprint density at radius 1 is 1.08 bits per heavy atom. The van der Waals surface area contributed by atoms with Crippen LogP contribution in [0.15, 0.2) is 54.2 Å². The minimum atomic E-state index is -0.637. The van der Waals surface area contributed by atoms with Gasteiger partial charge in [0.05, 0.1) is 10.7 Å². The van der Waals surface area contributed by atoms with Crippen LogP contribution in [-0.4, -0.2) is 11.8 Å². The standard InChI is InChI=1S/C18H14Cl2N4O2/c1-11(25)23-15-4-2-3-14(8-15)22-10-12(9-21)18(26)24-17-7-13(19)5-6-16(17)20/h2-8,10,22H,1H3,(H,23,25)(H,24,26)/b12-10-. The van der Waals surface area contributed by atoms with E-state index in [0.29, 0.717) is 27.1 Å². The molecule has 0 aliphatic carbocycles. The van der Waals surface area contributed by atoms with Gasteiger partial charge in [-0.05, 0) is 36.4 Å². The number of carbonyl (C=O) groups is 2. The summed E-state index contributed by atoms with van der Waals surface area (Å²) in [6.45, 7) is 1.40. The van der Waals surface area contributed by atoms with E-state index in [2.05, 4.69) is 16.0 Å². The molecule has 2 aromatic rings. The summed E-state index contributed by atoms with van der Waals surface area (Å²) in [6.07, 6.45) is 1.26. The highest BCUT2D eigenvalue weighted by Crippen LogP contribution is 2.25. The number of benzene rings is 2. The van der Waals surface area contributed by atoms with Crippen LogP contribution in [0.1, 0.15) is 6.92 Å². The number of anilines is 3. The van der Waals surface area contributed by atoms with Crippen LogP contribution in [-0.2, 0) is 9.59 Å². The Balaban J connectivity index is 2.12. The van der Waals surface area contributed by atoms with E-state index in [9.17, 15) is 14.9 Å². The van der Waals surface area contributed by atoms with Crippen molar-refractivity contribution >= 4 is 52.1 Å². The molecule has 0 spiro atoms. The quantitative estimate of drug-likeness (QED) is 0.522. The van der Waals surface area contributed by atoms with Gasteiger partial charge < -0.3 is 16.0 Å². The molecular formula is C18H14Cl2N4O2. The maximum Gasteiger partial charge on any atom is 0.267 e. The van der Waals surface area contributed by atoms with Gasteiger partial charge in [0.1, 0.15) is 11.6 Å². The van der Waals surface area contributed by atoms with Crippen LogP contribution in [0.3, 0.4) is 0 Å². The van der Waals surface area contributed by atoms with Crippen LogP contribution >= 0.6 is 23.2 Å². The molecule has 0 aliphatic heterocycles. The second-order valence-corrected chi connectivity index (χ2v) is 6.00. The molecule has 2 amide bonds. The summed E-state index contributed by atoms with van der Waals surface area (Å²) in [5.74, 6) is -0.838. The lowest BCUT2D eigenvalue weighted by Gasteiger charge is -2.08. The summed E-state index contributed by atoms with van der Waals surface area (Å²) < 4.78 is 0. The molecule has 26 heavy (non-hydrogen) atoms. The summed E-state index contributed by atoms with van der Waals surface area (Å²) in [7, 11) is 0. The van der Waals surface area contributed by atoms with Crippen LogP contribution in [0, 0.1) is 11.3 Å². The third-order valence-electron chi connectivity index (χ3n) is 3.11. The van der Waals surface area contributed by atoms with Crippen molar-refractivity contribution in [1.29, 1.82) is 5.26 Å². The van der Waals surface area contributed by atoms with E-state index in [1.807, 2.05) is 6.07 Å². The van der Waals surface area contributed by atoms with Gasteiger partial charge in [0.15, 0.2) is 0 Å². The summed E-state index contributed by atoms with van der Waals surface area (Å²) in [4.78, 5) is 23.3. The molecule has 3 N–H and O–H groups in total. The normalized spacial score (nSPS) is 10.6. The molecule has 132 valence electrons. The van der Waals surface area contributed by atoms with E-state index in [1.165, 1.54) is 19.2 Å². The highest BCUT2D eigenvalue weighted by molar-refractivity contribution is 6.36. The highest BCUT2D eigenvalue weighted by Gasteiger charge is 2.11. The van der Waals surface area contributed by atoms with Gasteiger partial charge in [-0.1, -0.05) is 29.3 Å². The molecule has 2 rings (SSSR count). The Kier molecular flexibility index (Phi) is 6.61. The molecule has 0 aliphatic rings. The smallest absolute Gasteiger partial charge is 0.267 e. The van der Waals surface area contributed by atoms with Gasteiger partial charge in [-0.25, -0.2) is 0 Å². The number of hydrogen-bond acceptors (Lipinski definition) is 4. The number of rotatable bonds is 5. The molecule has 0 bridgehead atoms. The molecule has 0 saturated carbocycles. The van der Waals surface area contributed by atoms with Crippen molar-refractivity contribution < 1.29 is 9.59 Å². The predicted molar refractivity (Wildman–Crippen MR) is 103 cm³/mol. The largest absolute Gasteiger partial charge is 0.360 e. The van der Waals surface area contributed by atoms with Gasteiger partial charge in [0, 0.05) is 29.5 Å². The van der Waals surface area contributed by atoms with Gasteiger partial charge in [-0.3, -0.25) is 9.59 Å². The molecular weight excluding hydrogens is 375 g/mol. The summed E-state index contributed by atoms with van der Waals surface area (Å²) in [6, 6.07) is 13.3. The number of nitrogens with one attached hydrogen (secondary N) is 3. The topological polar surface area (TPSA) is 94.0 Å². The zero-order valence-electron chi connectivity index (χ0n) is 13.6. The van der Waals surface area contributed by atoms with Crippen molar-refractivity contribution in [3.63, 3.8) is 0 Å². The third-order valence-corrected chi connectivity index (χ3v) is 3.67. The molecule has 8 heteroatoms. The van der Waals surface area contributed by atoms with Crippen molar-refractivity contribution in [2.24, 2.45) is 0 Å². The second-order valence-electron chi connectivity index (χ2n) is 5.15. The maximum atomic E-state index is 12.2. The Hall–Kier alpha value is -3.01. The Morgan fingerprint density at radius 2 is 1.81 bits per heavy atom. The first-order valence-corrected chi connectivity index (χ1v) is 8.15. The van der Waals surface area contributed by atoms with E-state index in [0.717, 1.165) is 0 Å². The van der Waals surface area contributed by atoms with Crippen molar-refractivity contribution in [1.82, 2.24) is 0 Å². The lowest BCUT2D eigenvalue weighted by molar-refractivity contribution is -0.114. The van der Waals surface area contributed by atoms with Gasteiger partial charge in [0.2, 0.25) is 5.91 Å². The van der Waals surface area contributed by atoms with Crippen molar-refractivity contribution in [3.8, 4) is 6.07 Å². The Labute approximate surface area is 160 Å². The SMILES string of the molecule is CC(=O)Nc1cccc(N/C=C(/C#N)C(=O)Nc2cc(Cl)ccc2Cl)c1. The molecule has 0 atom stereocenters. The van der Waals surface area contributed by atoms with Crippen LogP contribution in [0.25, 0.3) is 0 Å². The molecule has 0 fully saturated rings. The number of carbonyl (C=O) groups excluding carboxylic acids is 2. The number of hydrogen-bond donors (Lipinski definition) is 3. The number of nitrogens with zero attached hydrogens (tertiary/aromatic N) is 1. The van der Waals surface area contributed by atoms with Gasteiger partial charge >= 0.3 is 0 Å². The molecule has 0 aromatic heterocycles. The first-order valence-electron chi connectivity index (χ1n) is 7.40. The van der Waals surface area contributed by atoms with Crippen molar-refractivity contribution in [3.05, 3.63) is 64.3 Å². The molecule has 0 unspecified atom stereocenters. The molecule has 0 saturated heterocycles. The Bertz CT molecular complexity index is 920. The van der Waals surface area contributed by atoms with E-state index in [1.54, 1.807) is 36.4 Å². The van der Waals surface area contributed by atoms with Crippen LogP contribution in [0.5, 0.6) is 0 Å². The minimum Gasteiger partial charge on any atom is -0.360 e. The maximum absolute atomic E-state index is 12.2. The molecule has 0 radical (unpaired) electrons. The van der Waals surface area contributed by atoms with Crippen molar-refractivity contribution in [2.75, 3.05) is 16.0 Å². The molecule has 0 heterocycles. The average molecular weight is 389 g/mol. The number of amides is 2. The predicted octanol–water partition coefficient (Wildman–Crippen LogP) is 4.41. The average Bonchev–Trinajstić information content (AvgIpc) is 2.58. The zero-order valence-corrected chi connectivity index (χ0v) is 15.2. The fourth-order valence-corrected chi connectivity index (χ4v) is 2.31. The zero-order chi connectivity index (χ0) is 19.1. The van der Waals surface area contributed by atoms with Gasteiger partial charge in [0.25, 0.3) is 5.91 Å². The van der Waals surface area contributed by atoms with Gasteiger partial charge in [-0.15, -0.1) is 0 Å². The summed E-state index contributed by atoms with van der Waals surface area (Å²) >= 11 is 11.9. The first-order chi connectivity index (χ1) is 12.4. The van der Waals surface area contributed by atoms with E-state index in [4.69, 9.17) is 23.2 Å². The third kappa shape index (κ3) is 5.52. The minimum absolute atomic E-state index is 0.161.